The lowest BCUT2D eigenvalue weighted by molar-refractivity contribution is -0.157. The Kier molecular flexibility index (Phi) is 3.98. The van der Waals surface area contributed by atoms with Gasteiger partial charge in [-0.15, -0.1) is 0 Å². The second-order valence-corrected chi connectivity index (χ2v) is 7.13. The van der Waals surface area contributed by atoms with Gasteiger partial charge in [-0.3, -0.25) is 14.4 Å². The quantitative estimate of drug-likeness (QED) is 0.826. The molecule has 3 aliphatic rings. The van der Waals surface area contributed by atoms with E-state index in [1.165, 1.54) is 5.56 Å². The van der Waals surface area contributed by atoms with Crippen molar-refractivity contribution < 1.29 is 23.9 Å². The Bertz CT molecular complexity index is 711. The summed E-state index contributed by atoms with van der Waals surface area (Å²) in [7, 11) is 0. The monoisotopic (exact) mass is 343 g/mol. The van der Waals surface area contributed by atoms with E-state index in [4.69, 9.17) is 9.47 Å². The van der Waals surface area contributed by atoms with Crippen LogP contribution in [0, 0.1) is 23.7 Å². The van der Waals surface area contributed by atoms with Crippen molar-refractivity contribution in [2.24, 2.45) is 23.7 Å². The molecule has 1 heterocycles. The standard InChI is InChI=1S/C19H21NO5/c1-2-10-3-5-12(6-4-10)20-15(21)9-24-18(22)16-11-7-13-14(8-11)25-19(23)17(13)16/h3-6,11,13-14,16-17H,2,7-9H2,1H3,(H,20,21)/t11-,13+,14+,16-,17+/m1/s1. The van der Waals surface area contributed by atoms with Gasteiger partial charge in [0.25, 0.3) is 5.91 Å². The molecule has 5 atom stereocenters. The normalized spacial score (nSPS) is 31.7. The van der Waals surface area contributed by atoms with E-state index >= 15 is 0 Å². The summed E-state index contributed by atoms with van der Waals surface area (Å²) < 4.78 is 10.5. The van der Waals surface area contributed by atoms with Gasteiger partial charge in [-0.25, -0.2) is 0 Å². The molecule has 2 aliphatic carbocycles. The SMILES string of the molecule is CCc1ccc(NC(=O)COC(=O)[C@@H]2[C@@H]3C[C@@H]4[C@@H]2C(=O)O[C@H]4C3)cc1. The third-order valence-electron chi connectivity index (χ3n) is 5.75. The molecule has 6 nitrogen and oxygen atoms in total. The summed E-state index contributed by atoms with van der Waals surface area (Å²) in [6.45, 7) is 1.72. The van der Waals surface area contributed by atoms with Gasteiger partial charge in [0, 0.05) is 11.6 Å². The number of benzene rings is 1. The fourth-order valence-electron chi connectivity index (χ4n) is 4.58. The lowest BCUT2D eigenvalue weighted by Gasteiger charge is -2.22. The van der Waals surface area contributed by atoms with Crippen molar-refractivity contribution in [2.75, 3.05) is 11.9 Å². The van der Waals surface area contributed by atoms with Crippen LogP contribution in [0.25, 0.3) is 0 Å². The molecule has 2 bridgehead atoms. The van der Waals surface area contributed by atoms with E-state index in [1.54, 1.807) is 0 Å². The first-order valence-electron chi connectivity index (χ1n) is 8.82. The third kappa shape index (κ3) is 2.79. The molecule has 4 rings (SSSR count). The molecule has 3 fully saturated rings. The number of hydrogen-bond donors (Lipinski definition) is 1. The minimum atomic E-state index is -0.453. The van der Waals surface area contributed by atoms with Crippen molar-refractivity contribution in [1.82, 2.24) is 0 Å². The van der Waals surface area contributed by atoms with Gasteiger partial charge in [0.15, 0.2) is 6.61 Å². The van der Waals surface area contributed by atoms with Crippen LogP contribution in [0.4, 0.5) is 5.69 Å². The van der Waals surface area contributed by atoms with Gasteiger partial charge in [0.2, 0.25) is 0 Å². The maximum Gasteiger partial charge on any atom is 0.310 e. The molecule has 0 unspecified atom stereocenters. The number of nitrogens with one attached hydrogen (secondary N) is 1. The zero-order valence-corrected chi connectivity index (χ0v) is 14.1. The van der Waals surface area contributed by atoms with E-state index in [0.717, 1.165) is 19.3 Å². The van der Waals surface area contributed by atoms with Crippen molar-refractivity contribution in [2.45, 2.75) is 32.3 Å². The first-order valence-corrected chi connectivity index (χ1v) is 8.82. The summed E-state index contributed by atoms with van der Waals surface area (Å²) in [6.07, 6.45) is 2.50. The number of hydrogen-bond acceptors (Lipinski definition) is 5. The van der Waals surface area contributed by atoms with Gasteiger partial charge in [-0.1, -0.05) is 19.1 Å². The molecule has 132 valence electrons. The van der Waals surface area contributed by atoms with E-state index in [1.807, 2.05) is 24.3 Å². The summed E-state index contributed by atoms with van der Waals surface area (Å²) in [6, 6.07) is 7.53. The Hall–Kier alpha value is -2.37. The van der Waals surface area contributed by atoms with Crippen LogP contribution in [0.3, 0.4) is 0 Å². The first-order chi connectivity index (χ1) is 12.1. The number of fused-ring (bicyclic) bond motifs is 1. The van der Waals surface area contributed by atoms with Gasteiger partial charge < -0.3 is 14.8 Å². The van der Waals surface area contributed by atoms with E-state index in [9.17, 15) is 14.4 Å². The van der Waals surface area contributed by atoms with Crippen molar-refractivity contribution in [3.8, 4) is 0 Å². The van der Waals surface area contributed by atoms with Gasteiger partial charge in [-0.05, 0) is 42.9 Å². The average Bonchev–Trinajstić information content (AvgIpc) is 3.22. The predicted octanol–water partition coefficient (Wildman–Crippen LogP) is 1.93. The van der Waals surface area contributed by atoms with Crippen LogP contribution in [-0.4, -0.2) is 30.6 Å². The molecule has 0 spiro atoms. The molecule has 2 saturated carbocycles. The largest absolute Gasteiger partial charge is 0.462 e. The fourth-order valence-corrected chi connectivity index (χ4v) is 4.58. The van der Waals surface area contributed by atoms with Crippen LogP contribution >= 0.6 is 0 Å². The lowest BCUT2D eigenvalue weighted by Crippen LogP contribution is -2.34. The first kappa shape index (κ1) is 16.1. The zero-order chi connectivity index (χ0) is 17.6. The molecule has 1 saturated heterocycles. The number of aryl methyl sites for hydroxylation is 1. The highest BCUT2D eigenvalue weighted by atomic mass is 16.6. The number of esters is 2. The summed E-state index contributed by atoms with van der Waals surface area (Å²) in [5.74, 6) is -1.64. The topological polar surface area (TPSA) is 81.7 Å². The molecule has 6 heteroatoms. The van der Waals surface area contributed by atoms with Crippen molar-refractivity contribution in [1.29, 1.82) is 0 Å². The van der Waals surface area contributed by atoms with E-state index in [-0.39, 0.29) is 42.3 Å². The predicted molar refractivity (Wildman–Crippen MR) is 88.5 cm³/mol. The van der Waals surface area contributed by atoms with E-state index < -0.39 is 11.9 Å². The van der Waals surface area contributed by atoms with Crippen LogP contribution in [0.15, 0.2) is 24.3 Å². The zero-order valence-electron chi connectivity index (χ0n) is 14.1. The highest BCUT2D eigenvalue weighted by Crippen LogP contribution is 2.57. The van der Waals surface area contributed by atoms with Gasteiger partial charge >= 0.3 is 11.9 Å². The Morgan fingerprint density at radius 3 is 2.72 bits per heavy atom. The van der Waals surface area contributed by atoms with Gasteiger partial charge in [-0.2, -0.15) is 0 Å². The van der Waals surface area contributed by atoms with Crippen molar-refractivity contribution in [3.05, 3.63) is 29.8 Å². The molecule has 1 aliphatic heterocycles. The van der Waals surface area contributed by atoms with Crippen LogP contribution < -0.4 is 5.32 Å². The van der Waals surface area contributed by atoms with Gasteiger partial charge in [0.1, 0.15) is 6.10 Å². The van der Waals surface area contributed by atoms with Crippen LogP contribution in [0.2, 0.25) is 0 Å². The second kappa shape index (κ2) is 6.17. The summed E-state index contributed by atoms with van der Waals surface area (Å²) in [5, 5.41) is 2.71. The van der Waals surface area contributed by atoms with Gasteiger partial charge in [0.05, 0.1) is 11.8 Å². The molecule has 1 N–H and O–H groups in total. The summed E-state index contributed by atoms with van der Waals surface area (Å²) >= 11 is 0. The average molecular weight is 343 g/mol. The molecule has 25 heavy (non-hydrogen) atoms. The number of rotatable bonds is 5. The molecule has 1 amide bonds. The number of anilines is 1. The Morgan fingerprint density at radius 1 is 1.24 bits per heavy atom. The number of carbonyl (C=O) groups excluding carboxylic acids is 3. The van der Waals surface area contributed by atoms with Crippen LogP contribution in [0.1, 0.15) is 25.3 Å². The maximum atomic E-state index is 12.4. The van der Waals surface area contributed by atoms with Crippen molar-refractivity contribution in [3.63, 3.8) is 0 Å². The van der Waals surface area contributed by atoms with Crippen molar-refractivity contribution >= 4 is 23.5 Å². The molecule has 1 aromatic carbocycles. The van der Waals surface area contributed by atoms with Crippen LogP contribution in [0.5, 0.6) is 0 Å². The highest BCUT2D eigenvalue weighted by Gasteiger charge is 2.64. The minimum absolute atomic E-state index is 0.0130. The third-order valence-corrected chi connectivity index (χ3v) is 5.75. The minimum Gasteiger partial charge on any atom is -0.462 e. The number of carbonyl (C=O) groups is 3. The molecular weight excluding hydrogens is 322 g/mol. The maximum absolute atomic E-state index is 12.4. The molecule has 0 radical (unpaired) electrons. The lowest BCUT2D eigenvalue weighted by atomic mass is 9.80. The molecular formula is C19H21NO5. The second-order valence-electron chi connectivity index (χ2n) is 7.13. The Labute approximate surface area is 145 Å². The Morgan fingerprint density at radius 2 is 2.00 bits per heavy atom. The number of amides is 1. The summed E-state index contributed by atoms with van der Waals surface area (Å²) in [5.41, 5.74) is 1.85. The van der Waals surface area contributed by atoms with E-state index in [0.29, 0.717) is 5.69 Å². The summed E-state index contributed by atoms with van der Waals surface area (Å²) in [4.78, 5) is 36.3. The molecule has 0 aromatic heterocycles. The smallest absolute Gasteiger partial charge is 0.310 e. The number of ether oxygens (including phenoxy) is 2. The van der Waals surface area contributed by atoms with E-state index in [2.05, 4.69) is 12.2 Å². The Balaban J connectivity index is 1.31. The fraction of sp³-hybridized carbons (Fsp3) is 0.526. The molecule has 1 aromatic rings. The highest BCUT2D eigenvalue weighted by molar-refractivity contribution is 5.93. The van der Waals surface area contributed by atoms with Crippen LogP contribution in [-0.2, 0) is 30.3 Å².